The van der Waals surface area contributed by atoms with E-state index in [-0.39, 0.29) is 5.92 Å². The minimum Gasteiger partial charge on any atom is -0.497 e. The Balaban J connectivity index is 1.53. The first kappa shape index (κ1) is 14.9. The zero-order valence-electron chi connectivity index (χ0n) is 13.7. The van der Waals surface area contributed by atoms with Gasteiger partial charge in [-0.15, -0.1) is 0 Å². The highest BCUT2D eigenvalue weighted by molar-refractivity contribution is 5.41. The summed E-state index contributed by atoms with van der Waals surface area (Å²) in [7, 11) is 1.70. The fourth-order valence-corrected chi connectivity index (χ4v) is 3.36. The van der Waals surface area contributed by atoms with E-state index in [1.807, 2.05) is 12.3 Å². The van der Waals surface area contributed by atoms with Gasteiger partial charge in [-0.25, -0.2) is 4.98 Å². The number of methoxy groups -OCH3 is 1. The highest BCUT2D eigenvalue weighted by Gasteiger charge is 2.26. The Kier molecular flexibility index (Phi) is 4.02. The van der Waals surface area contributed by atoms with Crippen LogP contribution in [0.1, 0.15) is 47.4 Å². The van der Waals surface area contributed by atoms with Crippen LogP contribution in [-0.2, 0) is 19.3 Å². The van der Waals surface area contributed by atoms with Crippen molar-refractivity contribution in [1.29, 1.82) is 0 Å². The predicted molar refractivity (Wildman–Crippen MR) is 88.1 cm³/mol. The molecule has 24 heavy (non-hydrogen) atoms. The predicted octanol–water partition coefficient (Wildman–Crippen LogP) is 3.05. The molecule has 0 spiro atoms. The van der Waals surface area contributed by atoms with Crippen molar-refractivity contribution in [1.82, 2.24) is 20.1 Å². The summed E-state index contributed by atoms with van der Waals surface area (Å²) >= 11 is 0. The van der Waals surface area contributed by atoms with Crippen LogP contribution in [0.4, 0.5) is 0 Å². The molecule has 3 aromatic rings. The van der Waals surface area contributed by atoms with Gasteiger partial charge in [-0.05, 0) is 42.5 Å². The molecule has 1 aliphatic rings. The second-order valence-electron chi connectivity index (χ2n) is 6.09. The molecule has 1 aromatic carbocycles. The third kappa shape index (κ3) is 2.91. The second-order valence-corrected chi connectivity index (χ2v) is 6.09. The molecule has 4 rings (SSSR count). The third-order valence-corrected chi connectivity index (χ3v) is 4.59. The lowest BCUT2D eigenvalue weighted by atomic mass is 9.82. The normalized spacial score (nSPS) is 16.8. The highest BCUT2D eigenvalue weighted by Crippen LogP contribution is 2.36. The maximum absolute atomic E-state index is 5.45. The first-order chi connectivity index (χ1) is 11.8. The number of rotatable bonds is 5. The Morgan fingerprint density at radius 3 is 3.12 bits per heavy atom. The number of H-pyrrole nitrogens is 1. The lowest BCUT2D eigenvalue weighted by molar-refractivity contribution is 0.368. The summed E-state index contributed by atoms with van der Waals surface area (Å²) in [6.07, 6.45) is 8.29. The number of hydrogen-bond donors (Lipinski definition) is 1. The van der Waals surface area contributed by atoms with Crippen LogP contribution in [0.5, 0.6) is 5.75 Å². The van der Waals surface area contributed by atoms with E-state index >= 15 is 0 Å². The molecule has 6 nitrogen and oxygen atoms in total. The summed E-state index contributed by atoms with van der Waals surface area (Å²) in [6.45, 7) is 0. The molecule has 0 saturated heterocycles. The van der Waals surface area contributed by atoms with E-state index in [9.17, 15) is 0 Å². The Morgan fingerprint density at radius 2 is 2.29 bits per heavy atom. The molecule has 0 aliphatic heterocycles. The van der Waals surface area contributed by atoms with Gasteiger partial charge in [0.15, 0.2) is 5.82 Å². The number of aryl methyl sites for hydroxylation is 3. The van der Waals surface area contributed by atoms with E-state index in [0.717, 1.165) is 43.1 Å². The molecule has 1 N–H and O–H groups in total. The van der Waals surface area contributed by atoms with Crippen molar-refractivity contribution in [2.75, 3.05) is 7.11 Å². The minimum atomic E-state index is 0.209. The first-order valence-corrected chi connectivity index (χ1v) is 8.31. The molecule has 0 amide bonds. The average molecular weight is 324 g/mol. The summed E-state index contributed by atoms with van der Waals surface area (Å²) in [5.74, 6) is 3.50. The van der Waals surface area contributed by atoms with Crippen molar-refractivity contribution < 1.29 is 9.26 Å². The van der Waals surface area contributed by atoms with Gasteiger partial charge in [0.2, 0.25) is 5.89 Å². The van der Waals surface area contributed by atoms with Gasteiger partial charge in [-0.1, -0.05) is 11.2 Å². The van der Waals surface area contributed by atoms with Crippen LogP contribution in [0.15, 0.2) is 35.1 Å². The van der Waals surface area contributed by atoms with Crippen molar-refractivity contribution in [3.63, 3.8) is 0 Å². The van der Waals surface area contributed by atoms with Gasteiger partial charge >= 0.3 is 0 Å². The first-order valence-electron chi connectivity index (χ1n) is 8.31. The maximum atomic E-state index is 5.45. The van der Waals surface area contributed by atoms with Gasteiger partial charge in [0.05, 0.1) is 7.11 Å². The number of aromatic nitrogens is 4. The van der Waals surface area contributed by atoms with Gasteiger partial charge in [0, 0.05) is 31.2 Å². The quantitative estimate of drug-likeness (QED) is 0.780. The van der Waals surface area contributed by atoms with Crippen LogP contribution >= 0.6 is 0 Å². The maximum Gasteiger partial charge on any atom is 0.227 e. The second kappa shape index (κ2) is 6.47. The zero-order valence-corrected chi connectivity index (χ0v) is 13.7. The molecule has 0 radical (unpaired) electrons. The van der Waals surface area contributed by atoms with Gasteiger partial charge in [0.1, 0.15) is 11.6 Å². The van der Waals surface area contributed by atoms with Crippen LogP contribution in [-0.4, -0.2) is 27.2 Å². The van der Waals surface area contributed by atoms with Crippen LogP contribution in [0.2, 0.25) is 0 Å². The Bertz CT molecular complexity index is 810. The fourth-order valence-electron chi connectivity index (χ4n) is 3.36. The number of imidazole rings is 1. The number of nitrogens with one attached hydrogen (secondary N) is 1. The smallest absolute Gasteiger partial charge is 0.227 e. The molecule has 0 fully saturated rings. The molecular formula is C18H20N4O2. The number of hydrogen-bond acceptors (Lipinski definition) is 5. The minimum absolute atomic E-state index is 0.209. The summed E-state index contributed by atoms with van der Waals surface area (Å²) in [6, 6.07) is 6.27. The van der Waals surface area contributed by atoms with Gasteiger partial charge in [-0.2, -0.15) is 4.98 Å². The van der Waals surface area contributed by atoms with Crippen molar-refractivity contribution in [2.24, 2.45) is 0 Å². The molecule has 124 valence electrons. The van der Waals surface area contributed by atoms with Crippen LogP contribution in [0.25, 0.3) is 0 Å². The fraction of sp³-hybridized carbons (Fsp3) is 0.389. The molecule has 1 aliphatic carbocycles. The zero-order chi connectivity index (χ0) is 16.4. The van der Waals surface area contributed by atoms with Gasteiger partial charge in [0.25, 0.3) is 0 Å². The number of nitrogens with zero attached hydrogens (tertiary/aromatic N) is 3. The molecule has 2 heterocycles. The number of aromatic amines is 1. The Labute approximate surface area is 140 Å². The number of ether oxygens (including phenoxy) is 1. The van der Waals surface area contributed by atoms with Crippen LogP contribution in [0.3, 0.4) is 0 Å². The number of fused-ring (bicyclic) bond motifs is 1. The molecule has 0 bridgehead atoms. The van der Waals surface area contributed by atoms with E-state index in [0.29, 0.717) is 12.3 Å². The van der Waals surface area contributed by atoms with Crippen molar-refractivity contribution in [3.05, 3.63) is 59.3 Å². The standard InChI is InChI=1S/C18H20N4O2/c1-23-13-5-6-14-12(11-13)3-2-4-15(14)18-21-17(24-22-18)8-7-16-19-9-10-20-16/h5-6,9-11,15H,2-4,7-8H2,1H3,(H,19,20). The SMILES string of the molecule is COc1ccc2c(c1)CCCC2c1noc(CCc2ncc[nH]2)n1. The average Bonchev–Trinajstić information content (AvgIpc) is 3.30. The van der Waals surface area contributed by atoms with E-state index in [1.165, 1.54) is 11.1 Å². The molecule has 2 aromatic heterocycles. The third-order valence-electron chi connectivity index (χ3n) is 4.59. The van der Waals surface area contributed by atoms with E-state index in [1.54, 1.807) is 13.3 Å². The molecule has 0 saturated carbocycles. The lowest BCUT2D eigenvalue weighted by Gasteiger charge is -2.23. The van der Waals surface area contributed by atoms with Crippen LogP contribution in [0, 0.1) is 0 Å². The largest absolute Gasteiger partial charge is 0.497 e. The van der Waals surface area contributed by atoms with E-state index < -0.39 is 0 Å². The van der Waals surface area contributed by atoms with Crippen molar-refractivity contribution >= 4 is 0 Å². The molecule has 1 unspecified atom stereocenters. The van der Waals surface area contributed by atoms with E-state index in [4.69, 9.17) is 9.26 Å². The summed E-state index contributed by atoms with van der Waals surface area (Å²) in [5, 5.41) is 4.23. The van der Waals surface area contributed by atoms with Crippen LogP contribution < -0.4 is 4.74 Å². The topological polar surface area (TPSA) is 76.8 Å². The molecular weight excluding hydrogens is 304 g/mol. The summed E-state index contributed by atoms with van der Waals surface area (Å²) < 4.78 is 10.8. The Morgan fingerprint density at radius 1 is 1.33 bits per heavy atom. The molecule has 1 atom stereocenters. The van der Waals surface area contributed by atoms with Gasteiger partial charge in [-0.3, -0.25) is 0 Å². The molecule has 6 heteroatoms. The highest BCUT2D eigenvalue weighted by atomic mass is 16.5. The lowest BCUT2D eigenvalue weighted by Crippen LogP contribution is -2.12. The monoisotopic (exact) mass is 324 g/mol. The summed E-state index contributed by atoms with van der Waals surface area (Å²) in [4.78, 5) is 11.9. The van der Waals surface area contributed by atoms with Gasteiger partial charge < -0.3 is 14.2 Å². The summed E-state index contributed by atoms with van der Waals surface area (Å²) in [5.41, 5.74) is 2.62. The Hall–Kier alpha value is -2.63. The van der Waals surface area contributed by atoms with Crippen molar-refractivity contribution in [3.8, 4) is 5.75 Å². The number of benzene rings is 1. The van der Waals surface area contributed by atoms with E-state index in [2.05, 4.69) is 32.2 Å². The van der Waals surface area contributed by atoms with Crippen molar-refractivity contribution in [2.45, 2.75) is 38.0 Å².